The van der Waals surface area contributed by atoms with Crippen molar-refractivity contribution in [3.63, 3.8) is 0 Å². The first-order chi connectivity index (χ1) is 15.4. The molecule has 3 amide bonds. The van der Waals surface area contributed by atoms with E-state index in [9.17, 15) is 36.3 Å². The summed E-state index contributed by atoms with van der Waals surface area (Å²) >= 11 is 0. The van der Waals surface area contributed by atoms with Gasteiger partial charge in [0, 0.05) is 11.3 Å². The van der Waals surface area contributed by atoms with E-state index in [2.05, 4.69) is 15.4 Å². The topological polar surface area (TPSA) is 96.5 Å². The number of alkyl carbamates (subject to hydrolysis) is 1. The highest BCUT2D eigenvalue weighted by atomic mass is 19.4. The van der Waals surface area contributed by atoms with E-state index in [1.165, 1.54) is 5.32 Å². The standard InChI is InChI=1S/C21H18F5N3O4/c1-11(33-19(32)27-10-20(22,23)21(24,25)26)17(30)29-16-14-8-3-2-6-12(14)13-7-4-5-9-15(13)28-18(16)31/h2-9,11,16H,10H2,1H3,(H,27,32)(H,28,31)(H,29,30)/t11-,16-/m0/s1. The van der Waals surface area contributed by atoms with Crippen LogP contribution in [0.4, 0.5) is 32.4 Å². The molecule has 1 aliphatic heterocycles. The first-order valence-electron chi connectivity index (χ1n) is 9.59. The summed E-state index contributed by atoms with van der Waals surface area (Å²) in [4.78, 5) is 36.9. The molecule has 0 aliphatic carbocycles. The van der Waals surface area contributed by atoms with Gasteiger partial charge in [-0.3, -0.25) is 9.59 Å². The minimum absolute atomic E-state index is 0.453. The maximum absolute atomic E-state index is 12.9. The summed E-state index contributed by atoms with van der Waals surface area (Å²) in [6, 6.07) is 12.6. The van der Waals surface area contributed by atoms with Gasteiger partial charge in [0.05, 0.1) is 6.54 Å². The molecule has 0 spiro atoms. The Bertz CT molecular complexity index is 1070. The van der Waals surface area contributed by atoms with E-state index in [4.69, 9.17) is 0 Å². The van der Waals surface area contributed by atoms with Gasteiger partial charge in [-0.15, -0.1) is 0 Å². The Morgan fingerprint density at radius 2 is 1.64 bits per heavy atom. The molecular weight excluding hydrogens is 453 g/mol. The Labute approximate surface area is 184 Å². The summed E-state index contributed by atoms with van der Waals surface area (Å²) in [6.45, 7) is -0.980. The minimum atomic E-state index is -5.86. The van der Waals surface area contributed by atoms with E-state index in [0.29, 0.717) is 22.4 Å². The van der Waals surface area contributed by atoms with E-state index in [0.717, 1.165) is 6.92 Å². The Morgan fingerprint density at radius 1 is 1.03 bits per heavy atom. The number of alkyl halides is 5. The van der Waals surface area contributed by atoms with Crippen LogP contribution in [0.5, 0.6) is 0 Å². The molecule has 2 aromatic rings. The van der Waals surface area contributed by atoms with E-state index in [1.807, 2.05) is 0 Å². The van der Waals surface area contributed by atoms with Gasteiger partial charge in [0.15, 0.2) is 6.10 Å². The fourth-order valence-corrected chi connectivity index (χ4v) is 3.11. The van der Waals surface area contributed by atoms with Crippen LogP contribution in [-0.4, -0.2) is 42.7 Å². The largest absolute Gasteiger partial charge is 0.455 e. The average molecular weight is 471 g/mol. The molecule has 0 fully saturated rings. The monoisotopic (exact) mass is 471 g/mol. The second-order valence-corrected chi connectivity index (χ2v) is 7.17. The molecule has 33 heavy (non-hydrogen) atoms. The molecule has 0 radical (unpaired) electrons. The minimum Gasteiger partial charge on any atom is -0.436 e. The molecule has 2 aromatic carbocycles. The van der Waals surface area contributed by atoms with Crippen molar-refractivity contribution < 1.29 is 41.1 Å². The highest BCUT2D eigenvalue weighted by molar-refractivity contribution is 6.04. The van der Waals surface area contributed by atoms with Crippen molar-refractivity contribution in [3.05, 3.63) is 54.1 Å². The number of nitrogens with one attached hydrogen (secondary N) is 3. The van der Waals surface area contributed by atoms with Gasteiger partial charge in [-0.25, -0.2) is 4.79 Å². The zero-order chi connectivity index (χ0) is 24.4. The van der Waals surface area contributed by atoms with Gasteiger partial charge in [0.25, 0.3) is 11.8 Å². The lowest BCUT2D eigenvalue weighted by Gasteiger charge is -2.22. The summed E-state index contributed by atoms with van der Waals surface area (Å²) in [6.07, 6.45) is -9.11. The summed E-state index contributed by atoms with van der Waals surface area (Å²) in [7, 11) is 0. The van der Waals surface area contributed by atoms with Crippen LogP contribution >= 0.6 is 0 Å². The molecule has 1 heterocycles. The molecule has 176 valence electrons. The number of para-hydroxylation sites is 1. The number of amides is 3. The first-order valence-corrected chi connectivity index (χ1v) is 9.59. The Hall–Kier alpha value is -3.70. The zero-order valence-electron chi connectivity index (χ0n) is 17.0. The second kappa shape index (κ2) is 9.04. The predicted molar refractivity (Wildman–Crippen MR) is 106 cm³/mol. The lowest BCUT2D eigenvalue weighted by Crippen LogP contribution is -2.48. The summed E-state index contributed by atoms with van der Waals surface area (Å²) in [5.41, 5.74) is 2.35. The molecule has 2 atom stereocenters. The number of hydrogen-bond acceptors (Lipinski definition) is 4. The molecule has 3 N–H and O–H groups in total. The van der Waals surface area contributed by atoms with Gasteiger partial charge in [0.2, 0.25) is 0 Å². The lowest BCUT2D eigenvalue weighted by molar-refractivity contribution is -0.278. The number of halogens is 5. The molecule has 3 rings (SSSR count). The lowest BCUT2D eigenvalue weighted by atomic mass is 9.95. The molecule has 0 bridgehead atoms. The van der Waals surface area contributed by atoms with Crippen molar-refractivity contribution in [2.75, 3.05) is 11.9 Å². The van der Waals surface area contributed by atoms with Crippen molar-refractivity contribution in [2.24, 2.45) is 0 Å². The van der Waals surface area contributed by atoms with Crippen molar-refractivity contribution in [1.82, 2.24) is 10.6 Å². The summed E-state index contributed by atoms with van der Waals surface area (Å²) in [5, 5.41) is 6.38. The summed E-state index contributed by atoms with van der Waals surface area (Å²) < 4.78 is 66.9. The number of anilines is 1. The van der Waals surface area contributed by atoms with Crippen LogP contribution in [0.2, 0.25) is 0 Å². The average Bonchev–Trinajstić information content (AvgIpc) is 2.86. The first kappa shape index (κ1) is 24.0. The molecule has 7 nitrogen and oxygen atoms in total. The van der Waals surface area contributed by atoms with Crippen molar-refractivity contribution in [2.45, 2.75) is 31.2 Å². The molecule has 0 aromatic heterocycles. The maximum atomic E-state index is 12.9. The van der Waals surface area contributed by atoms with Crippen molar-refractivity contribution in [1.29, 1.82) is 0 Å². The number of ether oxygens (including phenoxy) is 1. The molecular formula is C21H18F5N3O4. The number of hydrogen-bond donors (Lipinski definition) is 3. The Morgan fingerprint density at radius 3 is 2.30 bits per heavy atom. The van der Waals surface area contributed by atoms with Crippen LogP contribution in [0.25, 0.3) is 11.1 Å². The van der Waals surface area contributed by atoms with E-state index < -0.39 is 48.7 Å². The number of benzene rings is 2. The maximum Gasteiger partial charge on any atom is 0.455 e. The molecule has 0 saturated heterocycles. The van der Waals surface area contributed by atoms with Crippen molar-refractivity contribution in [3.8, 4) is 11.1 Å². The fraction of sp³-hybridized carbons (Fsp3) is 0.286. The van der Waals surface area contributed by atoms with Gasteiger partial charge in [-0.1, -0.05) is 42.5 Å². The Kier molecular flexibility index (Phi) is 6.56. The molecule has 0 saturated carbocycles. The molecule has 0 unspecified atom stereocenters. The van der Waals surface area contributed by atoms with Crippen LogP contribution in [0.3, 0.4) is 0 Å². The number of carbonyl (C=O) groups is 3. The van der Waals surface area contributed by atoms with Crippen LogP contribution in [0.1, 0.15) is 18.5 Å². The zero-order valence-corrected chi connectivity index (χ0v) is 17.0. The number of rotatable bonds is 5. The van der Waals surface area contributed by atoms with E-state index in [1.54, 1.807) is 48.5 Å². The molecule has 12 heteroatoms. The van der Waals surface area contributed by atoms with Gasteiger partial charge >= 0.3 is 18.2 Å². The number of carbonyl (C=O) groups excluding carboxylic acids is 3. The van der Waals surface area contributed by atoms with Gasteiger partial charge in [0.1, 0.15) is 6.04 Å². The normalized spacial score (nSPS) is 16.4. The fourth-order valence-electron chi connectivity index (χ4n) is 3.11. The third-order valence-electron chi connectivity index (χ3n) is 4.82. The van der Waals surface area contributed by atoms with Gasteiger partial charge in [-0.2, -0.15) is 22.0 Å². The second-order valence-electron chi connectivity index (χ2n) is 7.17. The Balaban J connectivity index is 1.70. The van der Waals surface area contributed by atoms with Crippen LogP contribution in [0.15, 0.2) is 48.5 Å². The smallest absolute Gasteiger partial charge is 0.436 e. The quantitative estimate of drug-likeness (QED) is 0.579. The molecule has 1 aliphatic rings. The highest BCUT2D eigenvalue weighted by Gasteiger charge is 2.57. The van der Waals surface area contributed by atoms with E-state index >= 15 is 0 Å². The summed E-state index contributed by atoms with van der Waals surface area (Å²) in [5.74, 6) is -6.72. The van der Waals surface area contributed by atoms with E-state index in [-0.39, 0.29) is 0 Å². The van der Waals surface area contributed by atoms with Crippen LogP contribution < -0.4 is 16.0 Å². The number of fused-ring (bicyclic) bond motifs is 3. The predicted octanol–water partition coefficient (Wildman–Crippen LogP) is 3.78. The SMILES string of the molecule is C[C@H](OC(=O)NCC(F)(F)C(F)(F)F)C(=O)N[C@@H]1C(=O)Nc2ccccc2-c2ccccc21. The van der Waals surface area contributed by atoms with Crippen molar-refractivity contribution >= 4 is 23.6 Å². The third kappa shape index (κ3) is 5.21. The van der Waals surface area contributed by atoms with Gasteiger partial charge in [-0.05, 0) is 24.1 Å². The van der Waals surface area contributed by atoms with Crippen LogP contribution in [-0.2, 0) is 14.3 Å². The van der Waals surface area contributed by atoms with Gasteiger partial charge < -0.3 is 20.7 Å². The van der Waals surface area contributed by atoms with Crippen LogP contribution in [0, 0.1) is 0 Å². The highest BCUT2D eigenvalue weighted by Crippen LogP contribution is 2.37. The third-order valence-corrected chi connectivity index (χ3v) is 4.82.